The first-order valence-corrected chi connectivity index (χ1v) is 5.31. The quantitative estimate of drug-likeness (QED) is 0.524. The molecule has 1 aliphatic carbocycles. The lowest BCUT2D eigenvalue weighted by atomic mass is 10.1. The maximum atomic E-state index is 11.3. The Morgan fingerprint density at radius 1 is 1.33 bits per heavy atom. The van der Waals surface area contributed by atoms with E-state index >= 15 is 0 Å². The summed E-state index contributed by atoms with van der Waals surface area (Å²) in [5.74, 6) is -0.874. The third kappa shape index (κ3) is 3.51. The molecule has 0 bridgehead atoms. The molecule has 86 valence electrons. The van der Waals surface area contributed by atoms with Gasteiger partial charge in [-0.1, -0.05) is 0 Å². The van der Waals surface area contributed by atoms with E-state index in [2.05, 4.69) is 5.32 Å². The molecule has 0 aromatic heterocycles. The molecule has 0 atom stereocenters. The van der Waals surface area contributed by atoms with E-state index in [1.54, 1.807) is 0 Å². The fraction of sp³-hybridized carbons (Fsp3) is 0.800. The number of amides is 1. The Morgan fingerprint density at radius 2 is 2.00 bits per heavy atom. The third-order valence-corrected chi connectivity index (χ3v) is 2.79. The van der Waals surface area contributed by atoms with Crippen LogP contribution in [0.25, 0.3) is 0 Å². The normalized spacial score (nSPS) is 17.1. The third-order valence-electron chi connectivity index (χ3n) is 2.79. The smallest absolute Gasteiger partial charge is 0.311 e. The van der Waals surface area contributed by atoms with Gasteiger partial charge >= 0.3 is 5.97 Å². The molecule has 0 saturated heterocycles. The van der Waals surface area contributed by atoms with Crippen molar-refractivity contribution in [2.24, 2.45) is 11.1 Å². The van der Waals surface area contributed by atoms with E-state index < -0.39 is 11.4 Å². The molecule has 0 aromatic rings. The summed E-state index contributed by atoms with van der Waals surface area (Å²) in [6, 6.07) is 0. The molecule has 1 fully saturated rings. The lowest BCUT2D eigenvalue weighted by Gasteiger charge is -2.10. The zero-order valence-electron chi connectivity index (χ0n) is 8.79. The van der Waals surface area contributed by atoms with Crippen LogP contribution in [0.1, 0.15) is 32.1 Å². The minimum absolute atomic E-state index is 0.0732. The largest absolute Gasteiger partial charge is 0.481 e. The molecule has 0 aliphatic heterocycles. The highest BCUT2D eigenvalue weighted by Crippen LogP contribution is 2.45. The number of nitrogens with one attached hydrogen (secondary N) is 1. The van der Waals surface area contributed by atoms with Crippen LogP contribution in [-0.4, -0.2) is 30.1 Å². The molecule has 0 spiro atoms. The summed E-state index contributed by atoms with van der Waals surface area (Å²) < 4.78 is 0. The van der Waals surface area contributed by atoms with Crippen LogP contribution in [0.15, 0.2) is 0 Å². The first kappa shape index (κ1) is 12.0. The summed E-state index contributed by atoms with van der Waals surface area (Å²) in [5, 5.41) is 11.5. The summed E-state index contributed by atoms with van der Waals surface area (Å²) in [7, 11) is 0. The number of rotatable bonds is 7. The number of nitrogens with two attached hydrogens (primary N) is 1. The van der Waals surface area contributed by atoms with E-state index in [1.165, 1.54) is 0 Å². The first-order chi connectivity index (χ1) is 7.10. The SMILES string of the molecule is NCCCCC(=O)NCC1(C(=O)O)CC1. The molecule has 1 amide bonds. The molecule has 0 aromatic carbocycles. The molecule has 0 radical (unpaired) electrons. The van der Waals surface area contributed by atoms with Crippen molar-refractivity contribution in [1.29, 1.82) is 0 Å². The molecule has 1 saturated carbocycles. The number of hydrogen-bond donors (Lipinski definition) is 3. The molecular formula is C10H18N2O3. The fourth-order valence-electron chi connectivity index (χ4n) is 1.40. The number of unbranched alkanes of at least 4 members (excludes halogenated alkanes) is 1. The van der Waals surface area contributed by atoms with Crippen LogP contribution >= 0.6 is 0 Å². The van der Waals surface area contributed by atoms with E-state index in [4.69, 9.17) is 10.8 Å². The standard InChI is InChI=1S/C10H18N2O3/c11-6-2-1-3-8(13)12-7-10(4-5-10)9(14)15/h1-7,11H2,(H,12,13)(H,14,15). The van der Waals surface area contributed by atoms with Gasteiger partial charge in [0.25, 0.3) is 0 Å². The highest BCUT2D eigenvalue weighted by molar-refractivity contribution is 5.80. The molecule has 0 heterocycles. The second kappa shape index (κ2) is 5.11. The van der Waals surface area contributed by atoms with Crippen LogP contribution in [-0.2, 0) is 9.59 Å². The summed E-state index contributed by atoms with van der Waals surface area (Å²) in [6.45, 7) is 0.857. The molecule has 15 heavy (non-hydrogen) atoms. The van der Waals surface area contributed by atoms with Crippen molar-refractivity contribution < 1.29 is 14.7 Å². The Balaban J connectivity index is 2.14. The topological polar surface area (TPSA) is 92.4 Å². The maximum Gasteiger partial charge on any atom is 0.311 e. The number of hydrogen-bond acceptors (Lipinski definition) is 3. The highest BCUT2D eigenvalue weighted by Gasteiger charge is 2.50. The van der Waals surface area contributed by atoms with Gasteiger partial charge in [-0.15, -0.1) is 0 Å². The summed E-state index contributed by atoms with van der Waals surface area (Å²) in [4.78, 5) is 22.1. The van der Waals surface area contributed by atoms with Crippen LogP contribution in [0, 0.1) is 5.41 Å². The van der Waals surface area contributed by atoms with Gasteiger partial charge in [0.2, 0.25) is 5.91 Å². The Hall–Kier alpha value is -1.10. The van der Waals surface area contributed by atoms with Crippen molar-refractivity contribution in [1.82, 2.24) is 5.32 Å². The van der Waals surface area contributed by atoms with Gasteiger partial charge in [-0.05, 0) is 32.2 Å². The molecule has 5 nitrogen and oxygen atoms in total. The maximum absolute atomic E-state index is 11.3. The number of aliphatic carboxylic acids is 1. The van der Waals surface area contributed by atoms with Gasteiger partial charge in [0.15, 0.2) is 0 Å². The van der Waals surface area contributed by atoms with Crippen molar-refractivity contribution in [3.63, 3.8) is 0 Å². The van der Waals surface area contributed by atoms with Gasteiger partial charge in [0.1, 0.15) is 0 Å². The van der Waals surface area contributed by atoms with Crippen molar-refractivity contribution in [2.75, 3.05) is 13.1 Å². The molecule has 4 N–H and O–H groups in total. The average molecular weight is 214 g/mol. The van der Waals surface area contributed by atoms with Crippen molar-refractivity contribution in [3.05, 3.63) is 0 Å². The van der Waals surface area contributed by atoms with Crippen LogP contribution < -0.4 is 11.1 Å². The van der Waals surface area contributed by atoms with Crippen LogP contribution in [0.4, 0.5) is 0 Å². The lowest BCUT2D eigenvalue weighted by molar-refractivity contribution is -0.143. The zero-order valence-corrected chi connectivity index (χ0v) is 8.79. The first-order valence-electron chi connectivity index (χ1n) is 5.31. The minimum atomic E-state index is -0.801. The van der Waals surface area contributed by atoms with Crippen LogP contribution in [0.2, 0.25) is 0 Å². The molecule has 1 aliphatic rings. The van der Waals surface area contributed by atoms with Gasteiger partial charge in [-0.2, -0.15) is 0 Å². The van der Waals surface area contributed by atoms with E-state index in [0.29, 0.717) is 25.8 Å². The zero-order chi connectivity index (χ0) is 11.3. The molecule has 0 unspecified atom stereocenters. The second-order valence-electron chi connectivity index (χ2n) is 4.11. The number of carboxylic acid groups (broad SMARTS) is 1. The summed E-state index contributed by atoms with van der Waals surface area (Å²) in [5.41, 5.74) is 4.64. The van der Waals surface area contributed by atoms with Gasteiger partial charge in [-0.3, -0.25) is 9.59 Å². The molecule has 5 heteroatoms. The number of carbonyl (C=O) groups excluding carboxylic acids is 1. The van der Waals surface area contributed by atoms with Crippen LogP contribution in [0.5, 0.6) is 0 Å². The Bertz CT molecular complexity index is 249. The van der Waals surface area contributed by atoms with E-state index in [1.807, 2.05) is 0 Å². The number of carboxylic acids is 1. The van der Waals surface area contributed by atoms with Gasteiger partial charge in [0.05, 0.1) is 5.41 Å². The monoisotopic (exact) mass is 214 g/mol. The van der Waals surface area contributed by atoms with Gasteiger partial charge in [0, 0.05) is 13.0 Å². The average Bonchev–Trinajstić information content (AvgIpc) is 2.96. The summed E-state index contributed by atoms with van der Waals surface area (Å²) >= 11 is 0. The van der Waals surface area contributed by atoms with Crippen molar-refractivity contribution >= 4 is 11.9 Å². The molecule has 1 rings (SSSR count). The van der Waals surface area contributed by atoms with Crippen molar-refractivity contribution in [3.8, 4) is 0 Å². The van der Waals surface area contributed by atoms with Crippen molar-refractivity contribution in [2.45, 2.75) is 32.1 Å². The number of carbonyl (C=O) groups is 2. The van der Waals surface area contributed by atoms with E-state index in [0.717, 1.165) is 12.8 Å². The lowest BCUT2D eigenvalue weighted by Crippen LogP contribution is -2.34. The Morgan fingerprint density at radius 3 is 2.47 bits per heavy atom. The fourth-order valence-corrected chi connectivity index (χ4v) is 1.40. The predicted molar refractivity (Wildman–Crippen MR) is 55.2 cm³/mol. The Kier molecular flexibility index (Phi) is 4.08. The summed E-state index contributed by atoms with van der Waals surface area (Å²) in [6.07, 6.45) is 3.38. The highest BCUT2D eigenvalue weighted by atomic mass is 16.4. The van der Waals surface area contributed by atoms with Gasteiger partial charge < -0.3 is 16.2 Å². The van der Waals surface area contributed by atoms with E-state index in [9.17, 15) is 9.59 Å². The van der Waals surface area contributed by atoms with E-state index in [-0.39, 0.29) is 12.5 Å². The second-order valence-corrected chi connectivity index (χ2v) is 4.11. The molecular weight excluding hydrogens is 196 g/mol. The van der Waals surface area contributed by atoms with Gasteiger partial charge in [-0.25, -0.2) is 0 Å². The Labute approximate surface area is 89.0 Å². The van der Waals surface area contributed by atoms with Crippen LogP contribution in [0.3, 0.4) is 0 Å². The predicted octanol–water partition coefficient (Wildman–Crippen LogP) is 0.0964. The minimum Gasteiger partial charge on any atom is -0.481 e.